The molecule has 0 unspecified atom stereocenters. The molecule has 0 amide bonds. The van der Waals surface area contributed by atoms with E-state index in [9.17, 15) is 8.78 Å². The van der Waals surface area contributed by atoms with Crippen molar-refractivity contribution in [2.24, 2.45) is 0 Å². The van der Waals surface area contributed by atoms with Crippen molar-refractivity contribution in [1.29, 1.82) is 0 Å². The molecule has 1 saturated heterocycles. The van der Waals surface area contributed by atoms with Crippen molar-refractivity contribution in [3.05, 3.63) is 101 Å². The van der Waals surface area contributed by atoms with Gasteiger partial charge in [0, 0.05) is 30.1 Å². The Morgan fingerprint density at radius 3 is 2.12 bits per heavy atom. The number of nitrogens with zero attached hydrogens (tertiary/aromatic N) is 3. The van der Waals surface area contributed by atoms with Gasteiger partial charge in [-0.2, -0.15) is 0 Å². The molecule has 0 atom stereocenters. The van der Waals surface area contributed by atoms with Crippen molar-refractivity contribution in [2.75, 3.05) is 19.6 Å². The third-order valence-corrected chi connectivity index (χ3v) is 7.23. The Balaban J connectivity index is 1.19. The predicted octanol–water partition coefficient (Wildman–Crippen LogP) is 7.22. The number of rotatable bonds is 7. The number of halogens is 3. The Labute approximate surface area is 204 Å². The molecule has 1 aliphatic heterocycles. The highest BCUT2D eigenvalue weighted by atomic mass is 35.5. The maximum Gasteiger partial charge on any atom is 0.123 e. The fourth-order valence-electron chi connectivity index (χ4n) is 5.15. The summed E-state index contributed by atoms with van der Waals surface area (Å²) in [6.07, 6.45) is 6.08. The third-order valence-electron chi connectivity index (χ3n) is 7.00. The second-order valence-electron chi connectivity index (χ2n) is 9.16. The number of imidazole rings is 1. The normalized spacial score (nSPS) is 15.4. The van der Waals surface area contributed by atoms with E-state index in [1.54, 1.807) is 0 Å². The summed E-state index contributed by atoms with van der Waals surface area (Å²) in [6, 6.07) is 19.8. The van der Waals surface area contributed by atoms with E-state index >= 15 is 0 Å². The van der Waals surface area contributed by atoms with E-state index in [-0.39, 0.29) is 17.6 Å². The predicted molar refractivity (Wildman–Crippen MR) is 133 cm³/mol. The van der Waals surface area contributed by atoms with E-state index < -0.39 is 0 Å². The molecule has 4 aromatic rings. The zero-order valence-electron chi connectivity index (χ0n) is 19.0. The number of hydrogen-bond acceptors (Lipinski definition) is 2. The third kappa shape index (κ3) is 5.16. The second kappa shape index (κ2) is 10.2. The first-order chi connectivity index (χ1) is 16.6. The van der Waals surface area contributed by atoms with Crippen LogP contribution in [0.2, 0.25) is 5.02 Å². The number of hydrogen-bond donors (Lipinski definition) is 0. The zero-order chi connectivity index (χ0) is 23.5. The molecule has 1 aliphatic rings. The van der Waals surface area contributed by atoms with Crippen molar-refractivity contribution < 1.29 is 8.78 Å². The Kier molecular flexibility index (Phi) is 6.93. The summed E-state index contributed by atoms with van der Waals surface area (Å²) in [5.74, 6) is -0.348. The summed E-state index contributed by atoms with van der Waals surface area (Å²) < 4.78 is 29.2. The van der Waals surface area contributed by atoms with Crippen LogP contribution in [0.4, 0.5) is 8.78 Å². The van der Waals surface area contributed by atoms with E-state index in [1.165, 1.54) is 24.3 Å². The quantitative estimate of drug-likeness (QED) is 0.279. The van der Waals surface area contributed by atoms with Crippen LogP contribution in [0.15, 0.2) is 73.1 Å². The number of benzene rings is 3. The first-order valence-electron chi connectivity index (χ1n) is 11.9. The maximum absolute atomic E-state index is 13.5. The van der Waals surface area contributed by atoms with Crippen LogP contribution in [-0.4, -0.2) is 34.1 Å². The van der Waals surface area contributed by atoms with Gasteiger partial charge >= 0.3 is 0 Å². The second-order valence-corrected chi connectivity index (χ2v) is 9.59. The summed E-state index contributed by atoms with van der Waals surface area (Å²) in [4.78, 5) is 7.06. The van der Waals surface area contributed by atoms with E-state index in [4.69, 9.17) is 11.6 Å². The lowest BCUT2D eigenvalue weighted by Crippen LogP contribution is -2.35. The summed E-state index contributed by atoms with van der Waals surface area (Å²) in [5, 5.41) is 0.715. The first kappa shape index (κ1) is 23.0. The lowest BCUT2D eigenvalue weighted by Gasteiger charge is -2.33. The van der Waals surface area contributed by atoms with Gasteiger partial charge in [0.25, 0.3) is 0 Å². The van der Waals surface area contributed by atoms with Crippen molar-refractivity contribution in [3.63, 3.8) is 0 Å². The fourth-order valence-corrected chi connectivity index (χ4v) is 5.32. The molecule has 176 valence electrons. The molecule has 2 heterocycles. The zero-order valence-corrected chi connectivity index (χ0v) is 19.8. The Morgan fingerprint density at radius 2 is 1.50 bits per heavy atom. The molecule has 5 rings (SSSR count). The average molecular weight is 480 g/mol. The fraction of sp³-hybridized carbons (Fsp3) is 0.321. The van der Waals surface area contributed by atoms with Crippen molar-refractivity contribution in [2.45, 2.75) is 37.6 Å². The number of aromatic nitrogens is 2. The standard InChI is InChI=1S/C28H28ClF2N3/c29-22-7-12-28-27(18-22)32-19-34(28)25-13-16-33(17-14-25)15-1-2-26(20-3-8-23(30)9-4-20)21-5-10-24(31)11-6-21/h3-12,18-19,25-26H,1-2,13-17H2. The molecule has 0 bridgehead atoms. The van der Waals surface area contributed by atoms with Crippen molar-refractivity contribution in [1.82, 2.24) is 14.5 Å². The first-order valence-corrected chi connectivity index (χ1v) is 12.3. The van der Waals surface area contributed by atoms with Crippen molar-refractivity contribution >= 4 is 22.6 Å². The van der Waals surface area contributed by atoms with Gasteiger partial charge in [0.2, 0.25) is 0 Å². The van der Waals surface area contributed by atoms with Crippen molar-refractivity contribution in [3.8, 4) is 0 Å². The number of fused-ring (bicyclic) bond motifs is 1. The van der Waals surface area contributed by atoms with Crippen LogP contribution in [-0.2, 0) is 0 Å². The van der Waals surface area contributed by atoms with Crippen LogP contribution in [0.3, 0.4) is 0 Å². The molecule has 1 aromatic heterocycles. The SMILES string of the molecule is Fc1ccc(C(CCCN2CCC(n3cnc4cc(Cl)ccc43)CC2)c2ccc(F)cc2)cc1. The van der Waals surface area contributed by atoms with Crippen LogP contribution in [0.25, 0.3) is 11.0 Å². The molecule has 6 heteroatoms. The van der Waals surface area contributed by atoms with Gasteiger partial charge in [0.15, 0.2) is 0 Å². The topological polar surface area (TPSA) is 21.1 Å². The average Bonchev–Trinajstić information content (AvgIpc) is 3.27. The monoisotopic (exact) mass is 479 g/mol. The van der Waals surface area contributed by atoms with E-state index in [0.717, 1.165) is 67.5 Å². The minimum absolute atomic E-state index is 0.128. The number of piperidine rings is 1. The van der Waals surface area contributed by atoms with Gasteiger partial charge in [0.05, 0.1) is 17.4 Å². The van der Waals surface area contributed by atoms with Gasteiger partial charge in [0.1, 0.15) is 11.6 Å². The summed E-state index contributed by atoms with van der Waals surface area (Å²) in [7, 11) is 0. The van der Waals surface area contributed by atoms with Crippen LogP contribution >= 0.6 is 11.6 Å². The molecule has 0 saturated carbocycles. The molecule has 34 heavy (non-hydrogen) atoms. The van der Waals surface area contributed by atoms with Gasteiger partial charge in [-0.25, -0.2) is 13.8 Å². The molecule has 0 spiro atoms. The Bertz CT molecular complexity index is 1180. The smallest absolute Gasteiger partial charge is 0.123 e. The van der Waals surface area contributed by atoms with E-state index in [0.29, 0.717) is 11.1 Å². The Hall–Kier alpha value is -2.76. The molecular formula is C28H28ClF2N3. The molecule has 0 N–H and O–H groups in total. The molecule has 1 fully saturated rings. The van der Waals surface area contributed by atoms with E-state index in [2.05, 4.69) is 20.5 Å². The van der Waals surface area contributed by atoms with Crippen LogP contribution < -0.4 is 0 Å². The number of likely N-dealkylation sites (tertiary alicyclic amines) is 1. The highest BCUT2D eigenvalue weighted by Crippen LogP contribution is 2.31. The van der Waals surface area contributed by atoms with Crippen LogP contribution in [0.1, 0.15) is 48.8 Å². The summed E-state index contributed by atoms with van der Waals surface area (Å²) in [5.41, 5.74) is 4.23. The van der Waals surface area contributed by atoms with Gasteiger partial charge in [-0.15, -0.1) is 0 Å². The van der Waals surface area contributed by atoms with Crippen LogP contribution in [0, 0.1) is 11.6 Å². The van der Waals surface area contributed by atoms with Gasteiger partial charge in [-0.05, 0) is 85.8 Å². The molecule has 3 aromatic carbocycles. The summed E-state index contributed by atoms with van der Waals surface area (Å²) in [6.45, 7) is 3.12. The molecule has 0 radical (unpaired) electrons. The highest BCUT2D eigenvalue weighted by Gasteiger charge is 2.22. The van der Waals surface area contributed by atoms with E-state index in [1.807, 2.05) is 42.7 Å². The molecule has 3 nitrogen and oxygen atoms in total. The minimum atomic E-state index is -0.238. The largest absolute Gasteiger partial charge is 0.327 e. The molecular weight excluding hydrogens is 452 g/mol. The Morgan fingerprint density at radius 1 is 0.882 bits per heavy atom. The van der Waals surface area contributed by atoms with Gasteiger partial charge in [-0.3, -0.25) is 0 Å². The summed E-state index contributed by atoms with van der Waals surface area (Å²) >= 11 is 6.11. The molecule has 0 aliphatic carbocycles. The lowest BCUT2D eigenvalue weighted by molar-refractivity contribution is 0.185. The van der Waals surface area contributed by atoms with Crippen LogP contribution in [0.5, 0.6) is 0 Å². The highest BCUT2D eigenvalue weighted by molar-refractivity contribution is 6.31. The minimum Gasteiger partial charge on any atom is -0.327 e. The lowest BCUT2D eigenvalue weighted by atomic mass is 9.87. The van der Waals surface area contributed by atoms with Gasteiger partial charge < -0.3 is 9.47 Å². The van der Waals surface area contributed by atoms with Gasteiger partial charge in [-0.1, -0.05) is 35.9 Å². The maximum atomic E-state index is 13.5.